The summed E-state index contributed by atoms with van der Waals surface area (Å²) in [7, 11) is 0. The van der Waals surface area contributed by atoms with Crippen molar-refractivity contribution in [2.45, 2.75) is 13.8 Å². The van der Waals surface area contributed by atoms with Gasteiger partial charge < -0.3 is 9.73 Å². The molecule has 1 aromatic heterocycles. The number of aryl methyl sites for hydroxylation is 2. The van der Waals surface area contributed by atoms with Crippen LogP contribution < -0.4 is 10.6 Å². The number of carbonyl (C=O) groups excluding carboxylic acids is 1. The van der Waals surface area contributed by atoms with E-state index in [0.29, 0.717) is 33.3 Å². The van der Waals surface area contributed by atoms with E-state index in [1.165, 1.54) is 11.1 Å². The topological polar surface area (TPSA) is 67.2 Å². The highest BCUT2D eigenvalue weighted by molar-refractivity contribution is 7.80. The summed E-state index contributed by atoms with van der Waals surface area (Å²) in [6, 6.07) is 18.2. The van der Waals surface area contributed by atoms with Gasteiger partial charge in [-0.15, -0.1) is 0 Å². The van der Waals surface area contributed by atoms with E-state index in [-0.39, 0.29) is 11.0 Å². The molecule has 0 bridgehead atoms. The summed E-state index contributed by atoms with van der Waals surface area (Å²) in [6.45, 7) is 4.12. The molecule has 0 fully saturated rings. The number of halogens is 1. The zero-order chi connectivity index (χ0) is 21.3. The number of benzene rings is 3. The molecule has 0 unspecified atom stereocenters. The Morgan fingerprint density at radius 2 is 1.87 bits per heavy atom. The highest BCUT2D eigenvalue weighted by Crippen LogP contribution is 2.27. The van der Waals surface area contributed by atoms with E-state index in [9.17, 15) is 4.79 Å². The highest BCUT2D eigenvalue weighted by atomic mass is 35.5. The number of hydrogen-bond donors (Lipinski definition) is 2. The molecule has 0 saturated carbocycles. The van der Waals surface area contributed by atoms with Crippen LogP contribution in [0.15, 0.2) is 65.1 Å². The number of nitrogens with one attached hydrogen (secondary N) is 2. The van der Waals surface area contributed by atoms with Gasteiger partial charge >= 0.3 is 0 Å². The zero-order valence-corrected chi connectivity index (χ0v) is 17.9. The number of aromatic nitrogens is 1. The van der Waals surface area contributed by atoms with Gasteiger partial charge in [-0.05, 0) is 85.7 Å². The molecule has 4 rings (SSSR count). The molecule has 0 atom stereocenters. The third-order valence-electron chi connectivity index (χ3n) is 4.71. The van der Waals surface area contributed by atoms with Gasteiger partial charge in [-0.1, -0.05) is 23.7 Å². The maximum Gasteiger partial charge on any atom is 0.257 e. The van der Waals surface area contributed by atoms with Crippen molar-refractivity contribution in [1.82, 2.24) is 10.3 Å². The minimum Gasteiger partial charge on any atom is -0.436 e. The van der Waals surface area contributed by atoms with Crippen LogP contribution in [0, 0.1) is 13.8 Å². The van der Waals surface area contributed by atoms with Gasteiger partial charge in [-0.3, -0.25) is 10.1 Å². The van der Waals surface area contributed by atoms with Gasteiger partial charge in [0.2, 0.25) is 5.89 Å². The second kappa shape index (κ2) is 8.26. The maximum atomic E-state index is 12.3. The lowest BCUT2D eigenvalue weighted by atomic mass is 10.1. The van der Waals surface area contributed by atoms with E-state index < -0.39 is 0 Å². The van der Waals surface area contributed by atoms with Gasteiger partial charge in [0, 0.05) is 21.8 Å². The molecule has 3 aromatic carbocycles. The molecule has 1 amide bonds. The third kappa shape index (κ3) is 4.35. The van der Waals surface area contributed by atoms with Gasteiger partial charge in [0.15, 0.2) is 10.7 Å². The molecule has 0 aliphatic rings. The van der Waals surface area contributed by atoms with Crippen LogP contribution in [-0.4, -0.2) is 16.0 Å². The molecule has 1 heterocycles. The number of hydrogen-bond acceptors (Lipinski definition) is 4. The lowest BCUT2D eigenvalue weighted by molar-refractivity contribution is 0.0977. The number of oxazole rings is 1. The molecule has 0 saturated heterocycles. The van der Waals surface area contributed by atoms with Crippen LogP contribution in [0.1, 0.15) is 21.5 Å². The minimum atomic E-state index is -0.338. The Morgan fingerprint density at radius 3 is 2.63 bits per heavy atom. The van der Waals surface area contributed by atoms with Crippen LogP contribution in [0.3, 0.4) is 0 Å². The molecule has 0 aliphatic carbocycles. The number of thiocarbonyl (C=S) groups is 1. The number of anilines is 1. The summed E-state index contributed by atoms with van der Waals surface area (Å²) < 4.78 is 5.89. The van der Waals surface area contributed by atoms with Crippen LogP contribution in [0.2, 0.25) is 5.02 Å². The van der Waals surface area contributed by atoms with Gasteiger partial charge in [-0.25, -0.2) is 4.98 Å². The van der Waals surface area contributed by atoms with E-state index in [4.69, 9.17) is 28.2 Å². The minimum absolute atomic E-state index is 0.178. The van der Waals surface area contributed by atoms with Crippen molar-refractivity contribution in [3.63, 3.8) is 0 Å². The second-order valence-electron chi connectivity index (χ2n) is 6.92. The van der Waals surface area contributed by atoms with E-state index in [1.54, 1.807) is 24.3 Å². The lowest BCUT2D eigenvalue weighted by Crippen LogP contribution is -2.34. The molecular formula is C23H18ClN3O2S. The first-order valence-corrected chi connectivity index (χ1v) is 10.0. The summed E-state index contributed by atoms with van der Waals surface area (Å²) in [5, 5.41) is 6.30. The molecule has 0 radical (unpaired) electrons. The first kappa shape index (κ1) is 20.1. The monoisotopic (exact) mass is 435 g/mol. The second-order valence-corrected chi connectivity index (χ2v) is 7.76. The van der Waals surface area contributed by atoms with Crippen molar-refractivity contribution in [2.24, 2.45) is 0 Å². The molecule has 7 heteroatoms. The Balaban J connectivity index is 1.50. The predicted octanol–water partition coefficient (Wildman–Crippen LogP) is 5.89. The fourth-order valence-corrected chi connectivity index (χ4v) is 3.37. The van der Waals surface area contributed by atoms with Crippen LogP contribution in [0.5, 0.6) is 0 Å². The number of nitrogens with zero attached hydrogens (tertiary/aromatic N) is 1. The fourth-order valence-electron chi connectivity index (χ4n) is 2.97. The van der Waals surface area contributed by atoms with Gasteiger partial charge in [0.25, 0.3) is 5.91 Å². The molecule has 150 valence electrons. The van der Waals surface area contributed by atoms with Crippen molar-refractivity contribution in [3.8, 4) is 11.5 Å². The zero-order valence-electron chi connectivity index (χ0n) is 16.3. The lowest BCUT2D eigenvalue weighted by Gasteiger charge is -2.09. The van der Waals surface area contributed by atoms with E-state index in [0.717, 1.165) is 5.56 Å². The molecule has 5 nitrogen and oxygen atoms in total. The van der Waals surface area contributed by atoms with Crippen LogP contribution in [-0.2, 0) is 0 Å². The normalized spacial score (nSPS) is 10.8. The SMILES string of the molecule is Cc1ccc(-c2nc3cc(NC(=S)NC(=O)c4cccc(Cl)c4)ccc3o2)cc1C. The summed E-state index contributed by atoms with van der Waals surface area (Å²) in [5.74, 6) is 0.219. The Hall–Kier alpha value is -3.22. The number of amides is 1. The van der Waals surface area contributed by atoms with Crippen LogP contribution in [0.4, 0.5) is 5.69 Å². The van der Waals surface area contributed by atoms with Crippen molar-refractivity contribution < 1.29 is 9.21 Å². The molecule has 0 spiro atoms. The maximum absolute atomic E-state index is 12.3. The van der Waals surface area contributed by atoms with Crippen molar-refractivity contribution in [1.29, 1.82) is 0 Å². The average Bonchev–Trinajstić information content (AvgIpc) is 3.13. The standard InChI is InChI=1S/C23H18ClN3O2S/c1-13-6-7-16(10-14(13)2)22-26-19-12-18(8-9-20(19)29-22)25-23(30)27-21(28)15-4-3-5-17(24)11-15/h3-12H,1-2H3,(H2,25,27,28,30). The van der Waals surface area contributed by atoms with Gasteiger partial charge in [0.1, 0.15) is 5.52 Å². The Bertz CT molecular complexity index is 1280. The Kier molecular flexibility index (Phi) is 5.53. The van der Waals surface area contributed by atoms with Gasteiger partial charge in [0.05, 0.1) is 0 Å². The predicted molar refractivity (Wildman–Crippen MR) is 124 cm³/mol. The smallest absolute Gasteiger partial charge is 0.257 e. The van der Waals surface area contributed by atoms with E-state index in [1.807, 2.05) is 30.3 Å². The number of rotatable bonds is 3. The highest BCUT2D eigenvalue weighted by Gasteiger charge is 2.12. The van der Waals surface area contributed by atoms with Crippen LogP contribution in [0.25, 0.3) is 22.6 Å². The molecule has 2 N–H and O–H groups in total. The number of carbonyl (C=O) groups is 1. The van der Waals surface area contributed by atoms with Crippen molar-refractivity contribution in [2.75, 3.05) is 5.32 Å². The Morgan fingerprint density at radius 1 is 1.03 bits per heavy atom. The van der Waals surface area contributed by atoms with E-state index >= 15 is 0 Å². The summed E-state index contributed by atoms with van der Waals surface area (Å²) in [6.07, 6.45) is 0. The first-order valence-electron chi connectivity index (χ1n) is 9.25. The molecule has 4 aromatic rings. The largest absolute Gasteiger partial charge is 0.436 e. The third-order valence-corrected chi connectivity index (χ3v) is 5.15. The van der Waals surface area contributed by atoms with Crippen molar-refractivity contribution in [3.05, 3.63) is 82.4 Å². The molecule has 30 heavy (non-hydrogen) atoms. The molecule has 0 aliphatic heterocycles. The summed E-state index contributed by atoms with van der Waals surface area (Å²) in [5.41, 5.74) is 5.80. The Labute approximate surface area is 184 Å². The molecular weight excluding hydrogens is 418 g/mol. The average molecular weight is 436 g/mol. The first-order chi connectivity index (χ1) is 14.4. The quantitative estimate of drug-likeness (QED) is 0.392. The number of fused-ring (bicyclic) bond motifs is 1. The fraction of sp³-hybridized carbons (Fsp3) is 0.0870. The summed E-state index contributed by atoms with van der Waals surface area (Å²) >= 11 is 11.2. The van der Waals surface area contributed by atoms with Gasteiger partial charge in [-0.2, -0.15) is 0 Å². The van der Waals surface area contributed by atoms with E-state index in [2.05, 4.69) is 35.5 Å². The van der Waals surface area contributed by atoms with Crippen LogP contribution >= 0.6 is 23.8 Å². The van der Waals surface area contributed by atoms with Crippen molar-refractivity contribution >= 4 is 51.6 Å². The summed E-state index contributed by atoms with van der Waals surface area (Å²) in [4.78, 5) is 16.9.